The van der Waals surface area contributed by atoms with Gasteiger partial charge in [-0.25, -0.2) is 19.9 Å². The zero-order valence-electron chi connectivity index (χ0n) is 27.3. The van der Waals surface area contributed by atoms with Crippen molar-refractivity contribution in [3.05, 3.63) is 51.1 Å². The average Bonchev–Trinajstić information content (AvgIpc) is 2.98. The fraction of sp³-hybridized carbons (Fsp3) is 0.559. The zero-order valence-corrected chi connectivity index (χ0v) is 27.3. The third-order valence-electron chi connectivity index (χ3n) is 11.4. The first-order chi connectivity index (χ1) is 23.3. The number of fused-ring (bicyclic) bond motifs is 2. The standard InChI is InChI=1S/C34H37F3N8O4/c1-3-21-27(43-9-10-44(23-8-7-22(23)43)31(49)26-28(47)18(2)39-17-40-26)29(48)25-30(38-12-20(41-25)11-19-5-4-6-19)45(21)13-24(46)42-33-14-32(15-33,16-33)34(35,36)37/h11-12,17,22-23,47H,3-10,13-16H2,1-2H3,(H,42,46)/t22-,23-,32?,33?/m1/s1. The van der Waals surface area contributed by atoms with Crippen LogP contribution in [0.2, 0.25) is 0 Å². The quantitative estimate of drug-likeness (QED) is 0.381. The highest BCUT2D eigenvalue weighted by molar-refractivity contribution is 5.95. The first kappa shape index (κ1) is 31.7. The predicted molar refractivity (Wildman–Crippen MR) is 172 cm³/mol. The summed E-state index contributed by atoms with van der Waals surface area (Å²) in [6.45, 7) is 3.83. The first-order valence-electron chi connectivity index (χ1n) is 16.9. The fourth-order valence-corrected chi connectivity index (χ4v) is 8.60. The Labute approximate surface area is 279 Å². The van der Waals surface area contributed by atoms with Gasteiger partial charge in [0.15, 0.2) is 22.6 Å². The van der Waals surface area contributed by atoms with Gasteiger partial charge in [0.05, 0.1) is 29.0 Å². The van der Waals surface area contributed by atoms with Crippen LogP contribution in [0.25, 0.3) is 17.2 Å². The number of alkyl halides is 3. The van der Waals surface area contributed by atoms with E-state index in [2.05, 4.69) is 20.3 Å². The summed E-state index contributed by atoms with van der Waals surface area (Å²) in [6, 6.07) is -0.438. The normalized spacial score (nSPS) is 27.0. The number of carbonyl (C=O) groups is 2. The molecule has 6 aliphatic rings. The summed E-state index contributed by atoms with van der Waals surface area (Å²) in [4.78, 5) is 62.7. The van der Waals surface area contributed by atoms with Crippen LogP contribution >= 0.6 is 0 Å². The highest BCUT2D eigenvalue weighted by atomic mass is 19.4. The Bertz CT molecular complexity index is 1980. The summed E-state index contributed by atoms with van der Waals surface area (Å²) in [5, 5.41) is 13.4. The number of pyridine rings is 1. The van der Waals surface area contributed by atoms with Gasteiger partial charge in [0.2, 0.25) is 11.3 Å². The molecule has 3 aromatic heterocycles. The summed E-state index contributed by atoms with van der Waals surface area (Å²) in [6.07, 6.45) is 4.91. The molecule has 9 rings (SSSR count). The lowest BCUT2D eigenvalue weighted by Gasteiger charge is -2.70. The number of aromatic hydroxyl groups is 1. The van der Waals surface area contributed by atoms with Crippen molar-refractivity contribution in [2.45, 2.75) is 102 Å². The van der Waals surface area contributed by atoms with Crippen molar-refractivity contribution in [2.24, 2.45) is 5.41 Å². The van der Waals surface area contributed by atoms with Gasteiger partial charge in [-0.05, 0) is 70.8 Å². The van der Waals surface area contributed by atoms with E-state index in [9.17, 15) is 32.7 Å². The molecule has 4 heterocycles. The van der Waals surface area contributed by atoms with E-state index in [1.54, 1.807) is 22.6 Å². The Kier molecular flexibility index (Phi) is 7.10. The van der Waals surface area contributed by atoms with Gasteiger partial charge in [0.1, 0.15) is 18.6 Å². The number of piperazine rings is 1. The van der Waals surface area contributed by atoms with Crippen LogP contribution in [0.3, 0.4) is 0 Å². The molecule has 6 fully saturated rings. The van der Waals surface area contributed by atoms with Gasteiger partial charge in [-0.15, -0.1) is 0 Å². The summed E-state index contributed by atoms with van der Waals surface area (Å²) < 4.78 is 42.2. The third-order valence-corrected chi connectivity index (χ3v) is 11.4. The van der Waals surface area contributed by atoms with Gasteiger partial charge in [-0.1, -0.05) is 12.5 Å². The molecule has 12 nitrogen and oxygen atoms in total. The number of hydrogen-bond acceptors (Lipinski definition) is 9. The van der Waals surface area contributed by atoms with Crippen LogP contribution in [-0.4, -0.2) is 83.2 Å². The lowest BCUT2D eigenvalue weighted by molar-refractivity contribution is -0.337. The first-order valence-corrected chi connectivity index (χ1v) is 16.9. The fourth-order valence-electron chi connectivity index (χ4n) is 8.60. The van der Waals surface area contributed by atoms with E-state index < -0.39 is 28.9 Å². The molecule has 49 heavy (non-hydrogen) atoms. The van der Waals surface area contributed by atoms with Crippen LogP contribution < -0.4 is 15.6 Å². The summed E-state index contributed by atoms with van der Waals surface area (Å²) >= 11 is 0. The number of anilines is 1. The Hall–Kier alpha value is -4.56. The Morgan fingerprint density at radius 1 is 1.10 bits per heavy atom. The summed E-state index contributed by atoms with van der Waals surface area (Å²) in [5.74, 6) is -1.10. The minimum absolute atomic E-state index is 0.0619. The van der Waals surface area contributed by atoms with Crippen LogP contribution in [0.1, 0.15) is 85.9 Å². The number of rotatable bonds is 7. The predicted octanol–water partition coefficient (Wildman–Crippen LogP) is 3.82. The smallest absolute Gasteiger partial charge is 0.394 e. The van der Waals surface area contributed by atoms with Crippen LogP contribution in [0.4, 0.5) is 18.9 Å². The molecule has 0 unspecified atom stereocenters. The van der Waals surface area contributed by atoms with Crippen LogP contribution in [0.15, 0.2) is 22.9 Å². The van der Waals surface area contributed by atoms with E-state index in [-0.39, 0.29) is 72.5 Å². The van der Waals surface area contributed by atoms with Gasteiger partial charge < -0.3 is 24.8 Å². The Morgan fingerprint density at radius 3 is 2.47 bits per heavy atom. The minimum atomic E-state index is -4.29. The number of carbonyl (C=O) groups excluding carboxylic acids is 2. The molecule has 1 aliphatic heterocycles. The lowest BCUT2D eigenvalue weighted by atomic mass is 9.39. The molecule has 2 amide bonds. The number of hydrogen-bond donors (Lipinski definition) is 2. The molecule has 5 aliphatic carbocycles. The highest BCUT2D eigenvalue weighted by Crippen LogP contribution is 2.73. The molecule has 0 aromatic carbocycles. The number of aromatic nitrogens is 5. The van der Waals surface area contributed by atoms with Gasteiger partial charge in [0.25, 0.3) is 5.91 Å². The van der Waals surface area contributed by atoms with Crippen molar-refractivity contribution in [2.75, 3.05) is 18.0 Å². The van der Waals surface area contributed by atoms with Gasteiger partial charge in [-0.2, -0.15) is 13.2 Å². The second-order valence-electron chi connectivity index (χ2n) is 14.4. The van der Waals surface area contributed by atoms with Gasteiger partial charge >= 0.3 is 6.18 Å². The number of allylic oxidation sites excluding steroid dienone is 1. The average molecular weight is 679 g/mol. The van der Waals surface area contributed by atoms with Crippen molar-refractivity contribution < 1.29 is 27.9 Å². The minimum Gasteiger partial charge on any atom is -0.504 e. The number of amides is 2. The number of halogens is 3. The molecule has 3 aromatic rings. The third kappa shape index (κ3) is 4.82. The molecule has 5 saturated carbocycles. The molecule has 1 saturated heterocycles. The summed E-state index contributed by atoms with van der Waals surface area (Å²) in [7, 11) is 0. The van der Waals surface area contributed by atoms with Gasteiger partial charge in [-0.3, -0.25) is 14.4 Å². The van der Waals surface area contributed by atoms with Crippen molar-refractivity contribution in [1.29, 1.82) is 0 Å². The van der Waals surface area contributed by atoms with E-state index in [0.717, 1.165) is 19.3 Å². The van der Waals surface area contributed by atoms with Gasteiger partial charge in [0, 0.05) is 30.4 Å². The molecule has 2 bridgehead atoms. The molecule has 2 atom stereocenters. The molecule has 0 radical (unpaired) electrons. The van der Waals surface area contributed by atoms with Crippen molar-refractivity contribution in [1.82, 2.24) is 34.7 Å². The van der Waals surface area contributed by atoms with E-state index in [1.165, 1.54) is 11.9 Å². The number of nitrogens with zero attached hydrogens (tertiary/aromatic N) is 7. The summed E-state index contributed by atoms with van der Waals surface area (Å²) in [5.41, 5.74) is 0.475. The van der Waals surface area contributed by atoms with Crippen molar-refractivity contribution in [3.63, 3.8) is 0 Å². The SMILES string of the molecule is CCc1c(N2CCN(C(=O)c3ncnc(C)c3O)[C@@H]3CC[C@H]32)c(=O)c2nc(C=C3CCC3)cnc2n1CC(=O)NC12CC(C(F)(F)F)(C1)C2. The maximum Gasteiger partial charge on any atom is 0.394 e. The van der Waals surface area contributed by atoms with Crippen LogP contribution in [0.5, 0.6) is 5.75 Å². The molecular formula is C34H37F3N8O4. The Morgan fingerprint density at radius 2 is 1.84 bits per heavy atom. The van der Waals surface area contributed by atoms with Crippen LogP contribution in [-0.2, 0) is 17.8 Å². The van der Waals surface area contributed by atoms with E-state index >= 15 is 0 Å². The van der Waals surface area contributed by atoms with E-state index in [4.69, 9.17) is 4.98 Å². The molecule has 15 heteroatoms. The van der Waals surface area contributed by atoms with Crippen molar-refractivity contribution in [3.8, 4) is 5.75 Å². The highest BCUT2D eigenvalue weighted by Gasteiger charge is 2.79. The maximum absolute atomic E-state index is 14.5. The Balaban J connectivity index is 1.14. The van der Waals surface area contributed by atoms with E-state index in [0.29, 0.717) is 48.6 Å². The maximum atomic E-state index is 14.5. The topological polar surface area (TPSA) is 146 Å². The number of nitrogens with one attached hydrogen (secondary N) is 1. The second-order valence-corrected chi connectivity index (χ2v) is 14.4. The second kappa shape index (κ2) is 11.0. The largest absolute Gasteiger partial charge is 0.504 e. The lowest BCUT2D eigenvalue weighted by Crippen LogP contribution is -2.78. The molecular weight excluding hydrogens is 641 g/mol. The van der Waals surface area contributed by atoms with Crippen LogP contribution in [0, 0.1) is 12.3 Å². The number of aryl methyl sites for hydroxylation is 1. The zero-order chi connectivity index (χ0) is 34.5. The molecule has 258 valence electrons. The molecule has 0 spiro atoms. The van der Waals surface area contributed by atoms with Crippen molar-refractivity contribution >= 4 is 34.7 Å². The molecule has 2 N–H and O–H groups in total. The van der Waals surface area contributed by atoms with E-state index in [1.807, 2.05) is 17.9 Å². The monoisotopic (exact) mass is 678 g/mol.